The minimum Gasteiger partial charge on any atom is -0.481 e. The van der Waals surface area contributed by atoms with E-state index in [1.165, 1.54) is 24.8 Å². The lowest BCUT2D eigenvalue weighted by molar-refractivity contribution is 0.0992. The molecule has 0 atom stereocenters. The van der Waals surface area contributed by atoms with Gasteiger partial charge in [-0.2, -0.15) is 0 Å². The van der Waals surface area contributed by atoms with Gasteiger partial charge < -0.3 is 4.74 Å². The van der Waals surface area contributed by atoms with Crippen molar-refractivity contribution < 1.29 is 9.53 Å². The molecule has 2 heterocycles. The lowest BCUT2D eigenvalue weighted by Gasteiger charge is -2.01. The molecule has 0 radical (unpaired) electrons. The molecule has 0 N–H and O–H groups in total. The highest BCUT2D eigenvalue weighted by molar-refractivity contribution is 7.20. The molecule has 7 heteroatoms. The van der Waals surface area contributed by atoms with Gasteiger partial charge in [0, 0.05) is 11.6 Å². The van der Waals surface area contributed by atoms with E-state index >= 15 is 0 Å². The summed E-state index contributed by atoms with van der Waals surface area (Å²) in [5.41, 5.74) is 0.995. The van der Waals surface area contributed by atoms with Gasteiger partial charge in [-0.25, -0.2) is 9.97 Å². The maximum absolute atomic E-state index is 12.0. The van der Waals surface area contributed by atoms with Crippen LogP contribution in [0.1, 0.15) is 16.1 Å². The van der Waals surface area contributed by atoms with E-state index in [0.29, 0.717) is 25.8 Å². The van der Waals surface area contributed by atoms with E-state index in [1.807, 2.05) is 0 Å². The molecule has 18 heavy (non-hydrogen) atoms. The number of thiophene rings is 1. The van der Waals surface area contributed by atoms with Crippen molar-refractivity contribution in [1.82, 2.24) is 9.97 Å². The van der Waals surface area contributed by atoms with Crippen LogP contribution < -0.4 is 4.74 Å². The monoisotopic (exact) mass is 302 g/mol. The van der Waals surface area contributed by atoms with E-state index in [9.17, 15) is 4.79 Å². The van der Waals surface area contributed by atoms with Gasteiger partial charge in [-0.15, -0.1) is 11.3 Å². The molecular formula is C11H8Cl2N2O2S. The van der Waals surface area contributed by atoms with E-state index in [4.69, 9.17) is 27.9 Å². The summed E-state index contributed by atoms with van der Waals surface area (Å²) in [5, 5.41) is 0. The Balaban J connectivity index is 2.18. The fourth-order valence-corrected chi connectivity index (χ4v) is 2.87. The van der Waals surface area contributed by atoms with Crippen LogP contribution in [0.5, 0.6) is 5.88 Å². The predicted molar refractivity (Wildman–Crippen MR) is 71.0 cm³/mol. The zero-order valence-corrected chi connectivity index (χ0v) is 11.6. The van der Waals surface area contributed by atoms with Crippen molar-refractivity contribution in [3.8, 4) is 5.88 Å². The number of rotatable bonds is 4. The molecule has 0 aromatic carbocycles. The number of ketones is 1. The standard InChI is InChI=1S/C11H8Cl2N2O2S/c1-17-10-3-6(14-5-15-10)2-8(16)7-4-9(12)18-11(7)13/h3-5H,2H2,1H3. The first-order valence-corrected chi connectivity index (χ1v) is 6.50. The molecule has 0 unspecified atom stereocenters. The molecule has 0 amide bonds. The van der Waals surface area contributed by atoms with Crippen LogP contribution in [0.25, 0.3) is 0 Å². The maximum atomic E-state index is 12.0. The summed E-state index contributed by atoms with van der Waals surface area (Å²) >= 11 is 12.9. The van der Waals surface area contributed by atoms with Gasteiger partial charge in [-0.3, -0.25) is 4.79 Å². The molecule has 2 aromatic rings. The van der Waals surface area contributed by atoms with Crippen molar-refractivity contribution in [2.24, 2.45) is 0 Å². The van der Waals surface area contributed by atoms with E-state index in [1.54, 1.807) is 12.1 Å². The molecule has 0 saturated heterocycles. The molecule has 0 saturated carbocycles. The molecule has 2 aromatic heterocycles. The van der Waals surface area contributed by atoms with Crippen molar-refractivity contribution in [2.75, 3.05) is 7.11 Å². The van der Waals surface area contributed by atoms with Crippen LogP contribution in [0, 0.1) is 0 Å². The van der Waals surface area contributed by atoms with Gasteiger partial charge in [-0.05, 0) is 6.07 Å². The third-order valence-corrected chi connectivity index (χ3v) is 3.69. The fraction of sp³-hybridized carbons (Fsp3) is 0.182. The van der Waals surface area contributed by atoms with Gasteiger partial charge in [0.15, 0.2) is 5.78 Å². The summed E-state index contributed by atoms with van der Waals surface area (Å²) in [5.74, 6) is 0.283. The van der Waals surface area contributed by atoms with Crippen LogP contribution in [-0.4, -0.2) is 22.9 Å². The zero-order valence-electron chi connectivity index (χ0n) is 9.31. The summed E-state index contributed by atoms with van der Waals surface area (Å²) in [6, 6.07) is 3.18. The minimum absolute atomic E-state index is 0.131. The Hall–Kier alpha value is -1.17. The van der Waals surface area contributed by atoms with E-state index < -0.39 is 0 Å². The number of hydrogen-bond donors (Lipinski definition) is 0. The van der Waals surface area contributed by atoms with Gasteiger partial charge in [0.05, 0.1) is 23.6 Å². The normalized spacial score (nSPS) is 10.4. The highest BCUT2D eigenvalue weighted by Crippen LogP contribution is 2.31. The molecule has 2 rings (SSSR count). The lowest BCUT2D eigenvalue weighted by atomic mass is 10.1. The molecular weight excluding hydrogens is 295 g/mol. The summed E-state index contributed by atoms with van der Waals surface area (Å²) in [7, 11) is 1.50. The van der Waals surface area contributed by atoms with Gasteiger partial charge in [0.25, 0.3) is 0 Å². The van der Waals surface area contributed by atoms with E-state index in [-0.39, 0.29) is 12.2 Å². The topological polar surface area (TPSA) is 52.1 Å². The molecule has 0 aliphatic heterocycles. The summed E-state index contributed by atoms with van der Waals surface area (Å²) in [6.07, 6.45) is 1.48. The molecule has 4 nitrogen and oxygen atoms in total. The molecule has 94 valence electrons. The number of carbonyl (C=O) groups excluding carboxylic acids is 1. The number of ether oxygens (including phenoxy) is 1. The molecule has 0 fully saturated rings. The molecule has 0 bridgehead atoms. The van der Waals surface area contributed by atoms with Crippen molar-refractivity contribution in [1.29, 1.82) is 0 Å². The molecule has 0 spiro atoms. The third kappa shape index (κ3) is 2.98. The highest BCUT2D eigenvalue weighted by atomic mass is 35.5. The van der Waals surface area contributed by atoms with Crippen LogP contribution in [-0.2, 0) is 6.42 Å². The largest absolute Gasteiger partial charge is 0.481 e. The van der Waals surface area contributed by atoms with Gasteiger partial charge in [-0.1, -0.05) is 23.2 Å². The number of aromatic nitrogens is 2. The first-order valence-electron chi connectivity index (χ1n) is 4.93. The summed E-state index contributed by atoms with van der Waals surface area (Å²) < 4.78 is 5.85. The van der Waals surface area contributed by atoms with Crippen LogP contribution in [0.3, 0.4) is 0 Å². The average molecular weight is 303 g/mol. The first-order chi connectivity index (χ1) is 8.60. The van der Waals surface area contributed by atoms with Crippen molar-refractivity contribution in [3.63, 3.8) is 0 Å². The van der Waals surface area contributed by atoms with Crippen molar-refractivity contribution in [3.05, 3.63) is 38.4 Å². The quantitative estimate of drug-likeness (QED) is 0.813. The Kier molecular flexibility index (Phi) is 4.16. The Morgan fingerprint density at radius 2 is 2.17 bits per heavy atom. The second-order valence-electron chi connectivity index (χ2n) is 3.39. The number of carbonyl (C=O) groups is 1. The van der Waals surface area contributed by atoms with Gasteiger partial charge >= 0.3 is 0 Å². The Labute approximate surface area is 118 Å². The number of hydrogen-bond acceptors (Lipinski definition) is 5. The third-order valence-electron chi connectivity index (χ3n) is 2.21. The van der Waals surface area contributed by atoms with Gasteiger partial charge in [0.2, 0.25) is 5.88 Å². The smallest absolute Gasteiger partial charge is 0.216 e. The Bertz CT molecular complexity index is 586. The number of Topliss-reactive ketones (excluding diaryl/α,β-unsaturated/α-hetero) is 1. The fourth-order valence-electron chi connectivity index (χ4n) is 1.38. The Morgan fingerprint density at radius 3 is 2.78 bits per heavy atom. The number of halogens is 2. The van der Waals surface area contributed by atoms with Crippen LogP contribution >= 0.6 is 34.5 Å². The average Bonchev–Trinajstić information content (AvgIpc) is 2.69. The van der Waals surface area contributed by atoms with Gasteiger partial charge in [0.1, 0.15) is 10.7 Å². The Morgan fingerprint density at radius 1 is 1.39 bits per heavy atom. The minimum atomic E-state index is -0.135. The lowest BCUT2D eigenvalue weighted by Crippen LogP contribution is -2.05. The molecule has 0 aliphatic rings. The van der Waals surface area contributed by atoms with Crippen molar-refractivity contribution >= 4 is 40.3 Å². The number of methoxy groups -OCH3 is 1. The van der Waals surface area contributed by atoms with Crippen molar-refractivity contribution in [2.45, 2.75) is 6.42 Å². The zero-order chi connectivity index (χ0) is 13.1. The second kappa shape index (κ2) is 5.65. The summed E-state index contributed by atoms with van der Waals surface area (Å²) in [4.78, 5) is 19.9. The predicted octanol–water partition coefficient (Wildman–Crippen LogP) is 3.28. The molecule has 0 aliphatic carbocycles. The SMILES string of the molecule is COc1cc(CC(=O)c2cc(Cl)sc2Cl)ncn1. The van der Waals surface area contributed by atoms with Crippen LogP contribution in [0.15, 0.2) is 18.5 Å². The summed E-state index contributed by atoms with van der Waals surface area (Å²) in [6.45, 7) is 0. The van der Waals surface area contributed by atoms with E-state index in [2.05, 4.69) is 9.97 Å². The number of nitrogens with zero attached hydrogens (tertiary/aromatic N) is 2. The maximum Gasteiger partial charge on any atom is 0.216 e. The van der Waals surface area contributed by atoms with Crippen LogP contribution in [0.2, 0.25) is 8.67 Å². The first kappa shape index (κ1) is 13.3. The van der Waals surface area contributed by atoms with E-state index in [0.717, 1.165) is 0 Å². The highest BCUT2D eigenvalue weighted by Gasteiger charge is 2.15. The van der Waals surface area contributed by atoms with Crippen LogP contribution in [0.4, 0.5) is 0 Å². The second-order valence-corrected chi connectivity index (χ2v) is 5.68.